The van der Waals surface area contributed by atoms with Crippen LogP contribution in [0.25, 0.3) is 0 Å². The molecule has 8 rings (SSSR count). The Bertz CT molecular complexity index is 4440. The summed E-state index contributed by atoms with van der Waals surface area (Å²) in [6, 6.07) is 0. The van der Waals surface area contributed by atoms with Crippen molar-refractivity contribution in [3.8, 4) is 0 Å². The molecule has 25 atom stereocenters. The van der Waals surface area contributed by atoms with Gasteiger partial charge in [-0.25, -0.2) is 14.0 Å². The zero-order valence-corrected chi connectivity index (χ0v) is 72.5. The van der Waals surface area contributed by atoms with E-state index in [9.17, 15) is 81.5 Å². The standard InChI is InChI=1S/C76H101N9O43/c1-32(86)106-29-54-59(110-36(5)90)64(115-41(10)95)68(119-45(14)99)73(125-54)103-21-18-49-24-83(80-77-49)27-52-58(62(113-39(8)93)67(118-44(13)98)72(123-52)85-26-51(79-82-85)20-23-105-75-70(121-47(16)101)66(117-43(12)97)61(112-38(7)92)56(127-75)31-108-34(3)88)128-76-71(122-48(17)102)63(114-40(9)94)57(109-35(4)89)53(124-76)28-84-25-50(78-81-84)19-22-104-74-69(120-46(15)100)65(116-42(11)96)60(111-37(6)91)55(126-74)30-107-33(2)87/h24-26,52-76H,18-23,27-31H2,1-17H3/t52-,53-,54-,55-,56-,57-,58-,59-,60-,61-,62+,63+,64+,65+,66+,67-,68+,69+,70+,71-,72-,73+,74+,75+,76-/m1/s1. The first-order valence-electron chi connectivity index (χ1n) is 39.7. The summed E-state index contributed by atoms with van der Waals surface area (Å²) < 4.78 is 155. The van der Waals surface area contributed by atoms with Crippen molar-refractivity contribution < 1.29 is 205 Å². The van der Waals surface area contributed by atoms with E-state index in [4.69, 9.17) is 123 Å². The lowest BCUT2D eigenvalue weighted by Gasteiger charge is -2.49. The number of nitrogens with zero attached hydrogens (tertiary/aromatic N) is 9. The first kappa shape index (κ1) is 101. The second-order valence-corrected chi connectivity index (χ2v) is 29.2. The van der Waals surface area contributed by atoms with Crippen molar-refractivity contribution in [3.63, 3.8) is 0 Å². The Labute approximate surface area is 727 Å². The molecule has 5 saturated heterocycles. The second-order valence-electron chi connectivity index (χ2n) is 29.2. The highest BCUT2D eigenvalue weighted by atomic mass is 16.8. The summed E-state index contributed by atoms with van der Waals surface area (Å²) in [6.45, 7) is 13.4. The molecule has 5 aliphatic rings. The number of carbonyl (C=O) groups excluding carboxylic acids is 17. The van der Waals surface area contributed by atoms with E-state index in [1.165, 1.54) is 28.0 Å². The van der Waals surface area contributed by atoms with Crippen LogP contribution < -0.4 is 0 Å². The van der Waals surface area contributed by atoms with Crippen LogP contribution in [0.15, 0.2) is 18.6 Å². The SMILES string of the molecule is CC(=O)OC[C@H]1O[C@H](OCCc2cn(C[C@H]3O[C@@H](n4cc(CCO[C@H]5O[C@H](COC(C)=O)[C@@H](OC(C)=O)[C@H](OC(C)=O)[C@@H]5OC(C)=O)nn4)[C@H](OC(C)=O)[C@@H](OC(C)=O)[C@@H]3O[C@H]3O[C@H](Cn4cc(CCO[C@H]5O[C@H](COC(C)=O)[C@@H](OC(C)=O)[C@H](OC(C)=O)[C@@H]5OC(C)=O)nn4)[C@@H](OC(C)=O)[C@H](OC(C)=O)[C@H]3OC(C)=O)nn2)[C@@H](OC(C)=O)[C@@H](OC(C)=O)[C@@H]1OC(C)=O. The van der Waals surface area contributed by atoms with E-state index in [0.29, 0.717) is 0 Å². The van der Waals surface area contributed by atoms with Crippen molar-refractivity contribution in [2.75, 3.05) is 39.6 Å². The monoisotopic (exact) mass is 1830 g/mol. The van der Waals surface area contributed by atoms with Gasteiger partial charge >= 0.3 is 101 Å². The van der Waals surface area contributed by atoms with Gasteiger partial charge in [0.05, 0.1) is 56.2 Å². The molecule has 0 aromatic carbocycles. The van der Waals surface area contributed by atoms with Crippen molar-refractivity contribution in [1.82, 2.24) is 45.0 Å². The van der Waals surface area contributed by atoms with Gasteiger partial charge in [-0.2, -0.15) is 0 Å². The molecule has 0 aliphatic carbocycles. The van der Waals surface area contributed by atoms with Gasteiger partial charge in [0.25, 0.3) is 0 Å². The summed E-state index contributed by atoms with van der Waals surface area (Å²) in [5.74, 6) is -15.8. The number of hydrogen-bond donors (Lipinski definition) is 0. The van der Waals surface area contributed by atoms with Crippen LogP contribution in [0.5, 0.6) is 0 Å². The van der Waals surface area contributed by atoms with Crippen LogP contribution in [0.1, 0.15) is 141 Å². The Balaban J connectivity index is 1.17. The largest absolute Gasteiger partial charge is 0.463 e. The van der Waals surface area contributed by atoms with E-state index in [1.54, 1.807) is 0 Å². The zero-order valence-electron chi connectivity index (χ0n) is 72.5. The van der Waals surface area contributed by atoms with Crippen molar-refractivity contribution in [2.24, 2.45) is 0 Å². The smallest absolute Gasteiger partial charge is 0.303 e. The number of ether oxygens (including phenoxy) is 26. The lowest BCUT2D eigenvalue weighted by Crippen LogP contribution is -2.66. The van der Waals surface area contributed by atoms with E-state index in [-0.39, 0.29) is 49.6 Å². The number of aromatic nitrogens is 9. The molecule has 0 spiro atoms. The fraction of sp³-hybridized carbons (Fsp3) is 0.697. The molecular formula is C76H101N9O43. The summed E-state index contributed by atoms with van der Waals surface area (Å²) in [7, 11) is 0. The van der Waals surface area contributed by atoms with Gasteiger partial charge in [0.1, 0.15) is 56.4 Å². The van der Waals surface area contributed by atoms with Crippen LogP contribution in [-0.4, -0.2) is 333 Å². The second kappa shape index (κ2) is 47.2. The average Bonchev–Trinajstić information content (AvgIpc) is 1.20. The van der Waals surface area contributed by atoms with E-state index in [0.717, 1.165) is 122 Å². The molecule has 0 unspecified atom stereocenters. The van der Waals surface area contributed by atoms with Crippen LogP contribution in [0.3, 0.4) is 0 Å². The topological polar surface area (TPSA) is 622 Å². The first-order chi connectivity index (χ1) is 60.4. The van der Waals surface area contributed by atoms with E-state index < -0.39 is 294 Å². The van der Waals surface area contributed by atoms with Crippen molar-refractivity contribution in [2.45, 2.75) is 304 Å². The molecule has 0 amide bonds. The maximum atomic E-state index is 13.8. The number of rotatable bonds is 39. The first-order valence-corrected chi connectivity index (χ1v) is 39.7. The van der Waals surface area contributed by atoms with Crippen molar-refractivity contribution >= 4 is 101 Å². The third-order valence-corrected chi connectivity index (χ3v) is 18.5. The van der Waals surface area contributed by atoms with Crippen LogP contribution in [0.2, 0.25) is 0 Å². The van der Waals surface area contributed by atoms with Crippen LogP contribution in [-0.2, 0) is 237 Å². The third kappa shape index (κ3) is 30.1. The van der Waals surface area contributed by atoms with Crippen LogP contribution in [0.4, 0.5) is 0 Å². The molecule has 0 radical (unpaired) electrons. The van der Waals surface area contributed by atoms with Crippen LogP contribution in [0, 0.1) is 0 Å². The Morgan fingerprint density at radius 2 is 0.492 bits per heavy atom. The maximum Gasteiger partial charge on any atom is 0.303 e. The van der Waals surface area contributed by atoms with E-state index in [1.807, 2.05) is 0 Å². The minimum absolute atomic E-state index is 0.0486. The summed E-state index contributed by atoms with van der Waals surface area (Å²) in [5, 5.41) is 25.7. The molecule has 3 aromatic rings. The lowest BCUT2D eigenvalue weighted by atomic mass is 9.95. The Kier molecular flexibility index (Phi) is 37.4. The zero-order chi connectivity index (χ0) is 94.2. The predicted molar refractivity (Wildman–Crippen MR) is 400 cm³/mol. The average molecular weight is 1830 g/mol. The van der Waals surface area contributed by atoms with Gasteiger partial charge < -0.3 is 123 Å². The lowest BCUT2D eigenvalue weighted by molar-refractivity contribution is -0.348. The molecule has 708 valence electrons. The molecule has 3 aromatic heterocycles. The minimum atomic E-state index is -2.11. The maximum absolute atomic E-state index is 13.8. The van der Waals surface area contributed by atoms with Crippen molar-refractivity contribution in [1.29, 1.82) is 0 Å². The normalized spacial score (nSPS) is 29.0. The predicted octanol–water partition coefficient (Wildman–Crippen LogP) is -2.55. The third-order valence-electron chi connectivity index (χ3n) is 18.5. The fourth-order valence-corrected chi connectivity index (χ4v) is 14.1. The summed E-state index contributed by atoms with van der Waals surface area (Å²) in [4.78, 5) is 217. The highest BCUT2D eigenvalue weighted by Gasteiger charge is 2.60. The molecule has 52 nitrogen and oxygen atoms in total. The molecule has 5 aliphatic heterocycles. The molecule has 5 fully saturated rings. The Hall–Kier alpha value is -11.9. The molecule has 0 bridgehead atoms. The highest BCUT2D eigenvalue weighted by molar-refractivity contribution is 5.73. The molecular weight excluding hydrogens is 1730 g/mol. The molecule has 128 heavy (non-hydrogen) atoms. The number of esters is 17. The van der Waals surface area contributed by atoms with Crippen molar-refractivity contribution in [3.05, 3.63) is 35.7 Å². The van der Waals surface area contributed by atoms with Crippen LogP contribution >= 0.6 is 0 Å². The minimum Gasteiger partial charge on any atom is -0.463 e. The Morgan fingerprint density at radius 1 is 0.258 bits per heavy atom. The van der Waals surface area contributed by atoms with E-state index >= 15 is 0 Å². The summed E-state index contributed by atoms with van der Waals surface area (Å²) >= 11 is 0. The summed E-state index contributed by atoms with van der Waals surface area (Å²) in [5.41, 5.74) is 0.298. The van der Waals surface area contributed by atoms with Gasteiger partial charge in [-0.05, 0) is 0 Å². The molecule has 52 heteroatoms. The highest BCUT2D eigenvalue weighted by Crippen LogP contribution is 2.40. The molecule has 0 saturated carbocycles. The van der Waals surface area contributed by atoms with Gasteiger partial charge in [0, 0.05) is 149 Å². The number of carbonyl (C=O) groups is 17. The van der Waals surface area contributed by atoms with Gasteiger partial charge in [-0.1, -0.05) is 15.6 Å². The summed E-state index contributed by atoms with van der Waals surface area (Å²) in [6.07, 6.45) is -38.5. The Morgan fingerprint density at radius 3 is 0.789 bits per heavy atom. The van der Waals surface area contributed by atoms with Gasteiger partial charge in [0.15, 0.2) is 117 Å². The fourth-order valence-electron chi connectivity index (χ4n) is 14.1. The van der Waals surface area contributed by atoms with E-state index in [2.05, 4.69) is 30.9 Å². The number of hydrogen-bond acceptors (Lipinski definition) is 49. The van der Waals surface area contributed by atoms with Gasteiger partial charge in [-0.3, -0.25) is 81.5 Å². The quantitative estimate of drug-likeness (QED) is 0.0419. The van der Waals surface area contributed by atoms with Gasteiger partial charge in [0.2, 0.25) is 0 Å². The molecule has 8 heterocycles. The van der Waals surface area contributed by atoms with Gasteiger partial charge in [-0.15, -0.1) is 15.3 Å². The molecule has 0 N–H and O–H groups in total.